The molecule has 0 unspecified atom stereocenters. The lowest BCUT2D eigenvalue weighted by atomic mass is 10.4. The number of alkyl halides is 3. The monoisotopic (exact) mass is 244 g/mol. The standard InChI is InChI=1S/C6H7Cl3N2S/c1-4-3-5(2)11(10-4)12-6(7,8)9/h3H,1-2H3. The van der Waals surface area contributed by atoms with Gasteiger partial charge >= 0.3 is 0 Å². The number of rotatable bonds is 1. The van der Waals surface area contributed by atoms with Gasteiger partial charge in [-0.15, -0.1) is 0 Å². The van der Waals surface area contributed by atoms with Crippen LogP contribution >= 0.6 is 46.8 Å². The normalized spacial score (nSPS) is 12.1. The highest BCUT2D eigenvalue weighted by atomic mass is 35.6. The van der Waals surface area contributed by atoms with Gasteiger partial charge in [-0.2, -0.15) is 5.10 Å². The SMILES string of the molecule is Cc1cc(C)n(SC(Cl)(Cl)Cl)n1. The summed E-state index contributed by atoms with van der Waals surface area (Å²) in [5, 5.41) is 4.12. The van der Waals surface area contributed by atoms with Crippen molar-refractivity contribution in [1.29, 1.82) is 0 Å². The maximum atomic E-state index is 5.58. The summed E-state index contributed by atoms with van der Waals surface area (Å²) in [5.74, 6) is 0. The van der Waals surface area contributed by atoms with E-state index in [9.17, 15) is 0 Å². The van der Waals surface area contributed by atoms with E-state index in [0.717, 1.165) is 23.3 Å². The molecule has 0 aromatic carbocycles. The Morgan fingerprint density at radius 2 is 2.00 bits per heavy atom. The van der Waals surface area contributed by atoms with E-state index in [1.165, 1.54) is 0 Å². The Hall–Kier alpha value is 0.430. The minimum atomic E-state index is -1.36. The molecule has 1 heterocycles. The van der Waals surface area contributed by atoms with Crippen LogP contribution in [0.3, 0.4) is 0 Å². The lowest BCUT2D eigenvalue weighted by molar-refractivity contribution is 0.945. The van der Waals surface area contributed by atoms with Crippen molar-refractivity contribution in [3.63, 3.8) is 0 Å². The molecule has 6 heteroatoms. The average molecular weight is 246 g/mol. The molecule has 0 amide bonds. The van der Waals surface area contributed by atoms with Crippen LogP contribution in [0.15, 0.2) is 6.07 Å². The van der Waals surface area contributed by atoms with E-state index >= 15 is 0 Å². The molecule has 0 spiro atoms. The fraction of sp³-hybridized carbons (Fsp3) is 0.500. The number of hydrogen-bond donors (Lipinski definition) is 0. The predicted molar refractivity (Wildman–Crippen MR) is 55.0 cm³/mol. The molecule has 0 fully saturated rings. The van der Waals surface area contributed by atoms with Gasteiger partial charge in [0.25, 0.3) is 3.12 Å². The van der Waals surface area contributed by atoms with Crippen LogP contribution in [0.2, 0.25) is 0 Å². The lowest BCUT2D eigenvalue weighted by Crippen LogP contribution is -2.03. The summed E-state index contributed by atoms with van der Waals surface area (Å²) in [6.45, 7) is 3.80. The van der Waals surface area contributed by atoms with Crippen molar-refractivity contribution in [2.75, 3.05) is 0 Å². The van der Waals surface area contributed by atoms with Gasteiger partial charge in [-0.05, 0) is 19.9 Å². The predicted octanol–water partition coefficient (Wildman–Crippen LogP) is 3.32. The van der Waals surface area contributed by atoms with E-state index in [-0.39, 0.29) is 0 Å². The average Bonchev–Trinajstić information content (AvgIpc) is 2.06. The number of halogens is 3. The molecule has 1 aromatic heterocycles. The largest absolute Gasteiger partial charge is 0.258 e. The van der Waals surface area contributed by atoms with Crippen LogP contribution < -0.4 is 0 Å². The second kappa shape index (κ2) is 3.66. The molecule has 0 N–H and O–H groups in total. The molecule has 12 heavy (non-hydrogen) atoms. The number of aromatic nitrogens is 2. The Balaban J connectivity index is 2.82. The van der Waals surface area contributed by atoms with Crippen LogP contribution in [0.4, 0.5) is 0 Å². The smallest absolute Gasteiger partial charge is 0.207 e. The molecule has 0 bridgehead atoms. The van der Waals surface area contributed by atoms with Crippen molar-refractivity contribution in [3.05, 3.63) is 17.5 Å². The molecular formula is C6H7Cl3N2S. The molecule has 0 saturated heterocycles. The summed E-state index contributed by atoms with van der Waals surface area (Å²) in [4.78, 5) is 0. The third kappa shape index (κ3) is 3.05. The maximum Gasteiger partial charge on any atom is 0.258 e. The van der Waals surface area contributed by atoms with Crippen LogP contribution in [0.25, 0.3) is 0 Å². The van der Waals surface area contributed by atoms with Crippen molar-refractivity contribution >= 4 is 46.8 Å². The highest BCUT2D eigenvalue weighted by Gasteiger charge is 2.23. The topological polar surface area (TPSA) is 17.8 Å². The zero-order valence-electron chi connectivity index (χ0n) is 6.51. The fourth-order valence-corrected chi connectivity index (χ4v) is 1.95. The van der Waals surface area contributed by atoms with Gasteiger partial charge < -0.3 is 0 Å². The molecule has 68 valence electrons. The van der Waals surface area contributed by atoms with E-state index < -0.39 is 3.12 Å². The molecule has 0 radical (unpaired) electrons. The second-order valence-corrected chi connectivity index (χ2v) is 6.43. The van der Waals surface area contributed by atoms with Crippen molar-refractivity contribution in [2.24, 2.45) is 0 Å². The number of nitrogens with zero attached hydrogens (tertiary/aromatic N) is 2. The van der Waals surface area contributed by atoms with Crippen LogP contribution in [0, 0.1) is 13.8 Å². The Morgan fingerprint density at radius 3 is 2.33 bits per heavy atom. The van der Waals surface area contributed by atoms with E-state index in [2.05, 4.69) is 5.10 Å². The molecular weight excluding hydrogens is 239 g/mol. The molecule has 2 nitrogen and oxygen atoms in total. The summed E-state index contributed by atoms with van der Waals surface area (Å²) in [5.41, 5.74) is 1.87. The maximum absolute atomic E-state index is 5.58. The zero-order valence-corrected chi connectivity index (χ0v) is 9.60. The van der Waals surface area contributed by atoms with Crippen molar-refractivity contribution in [1.82, 2.24) is 9.19 Å². The van der Waals surface area contributed by atoms with Gasteiger partial charge in [-0.25, -0.2) is 4.09 Å². The van der Waals surface area contributed by atoms with Gasteiger partial charge in [0, 0.05) is 17.6 Å². The third-order valence-corrected chi connectivity index (χ3v) is 2.53. The quantitative estimate of drug-likeness (QED) is 0.707. The highest BCUT2D eigenvalue weighted by molar-refractivity contribution is 8.03. The summed E-state index contributed by atoms with van der Waals surface area (Å²) in [6.07, 6.45) is 0. The van der Waals surface area contributed by atoms with E-state index in [4.69, 9.17) is 34.8 Å². The zero-order chi connectivity index (χ0) is 9.35. The molecule has 0 aliphatic heterocycles. The van der Waals surface area contributed by atoms with E-state index in [1.807, 2.05) is 19.9 Å². The van der Waals surface area contributed by atoms with Crippen molar-refractivity contribution in [3.8, 4) is 0 Å². The number of hydrogen-bond acceptors (Lipinski definition) is 2. The molecule has 1 aromatic rings. The first-order valence-corrected chi connectivity index (χ1v) is 5.09. The van der Waals surface area contributed by atoms with Gasteiger partial charge in [0.2, 0.25) is 0 Å². The van der Waals surface area contributed by atoms with Gasteiger partial charge in [0.15, 0.2) is 0 Å². The highest BCUT2D eigenvalue weighted by Crippen LogP contribution is 2.39. The molecule has 0 atom stereocenters. The first kappa shape index (κ1) is 10.5. The summed E-state index contributed by atoms with van der Waals surface area (Å²) in [6, 6.07) is 1.92. The molecule has 0 saturated carbocycles. The van der Waals surface area contributed by atoms with Gasteiger partial charge in [0.1, 0.15) is 0 Å². The van der Waals surface area contributed by atoms with Crippen molar-refractivity contribution in [2.45, 2.75) is 17.0 Å². The summed E-state index contributed by atoms with van der Waals surface area (Å²) >= 11 is 17.8. The van der Waals surface area contributed by atoms with Crippen LogP contribution in [0.1, 0.15) is 11.4 Å². The van der Waals surface area contributed by atoms with E-state index in [1.54, 1.807) is 4.09 Å². The van der Waals surface area contributed by atoms with Crippen LogP contribution in [0.5, 0.6) is 0 Å². The first-order chi connectivity index (χ1) is 5.38. The third-order valence-electron chi connectivity index (χ3n) is 1.16. The number of aryl methyl sites for hydroxylation is 2. The molecule has 0 aliphatic carbocycles. The first-order valence-electron chi connectivity index (χ1n) is 3.18. The van der Waals surface area contributed by atoms with Gasteiger partial charge in [-0.1, -0.05) is 34.8 Å². The summed E-state index contributed by atoms with van der Waals surface area (Å²) < 4.78 is 0.242. The van der Waals surface area contributed by atoms with Crippen LogP contribution in [-0.2, 0) is 0 Å². The van der Waals surface area contributed by atoms with Crippen LogP contribution in [-0.4, -0.2) is 12.3 Å². The van der Waals surface area contributed by atoms with Crippen molar-refractivity contribution < 1.29 is 0 Å². The molecule has 1 rings (SSSR count). The fourth-order valence-electron chi connectivity index (χ4n) is 0.799. The second-order valence-electron chi connectivity index (χ2n) is 2.34. The summed E-state index contributed by atoms with van der Waals surface area (Å²) in [7, 11) is 0. The minimum absolute atomic E-state index is 0.911. The van der Waals surface area contributed by atoms with Gasteiger partial charge in [-0.3, -0.25) is 0 Å². The Kier molecular flexibility index (Phi) is 3.21. The Morgan fingerprint density at radius 1 is 1.42 bits per heavy atom. The van der Waals surface area contributed by atoms with E-state index in [0.29, 0.717) is 0 Å². The Labute approximate surface area is 90.3 Å². The molecule has 0 aliphatic rings. The minimum Gasteiger partial charge on any atom is -0.207 e. The Bertz CT molecular complexity index is 279. The van der Waals surface area contributed by atoms with Gasteiger partial charge in [0.05, 0.1) is 5.69 Å². The lowest BCUT2D eigenvalue weighted by Gasteiger charge is -2.09.